The summed E-state index contributed by atoms with van der Waals surface area (Å²) in [5, 5.41) is 3.22. The first-order chi connectivity index (χ1) is 3.91. The molecule has 0 aliphatic heterocycles. The Morgan fingerprint density at radius 2 is 2.62 bits per heavy atom. The van der Waals surface area contributed by atoms with Crippen molar-refractivity contribution in [3.63, 3.8) is 0 Å². The van der Waals surface area contributed by atoms with Gasteiger partial charge in [-0.2, -0.15) is 0 Å². The van der Waals surface area contributed by atoms with Gasteiger partial charge in [0.1, 0.15) is 0 Å². The van der Waals surface area contributed by atoms with Gasteiger partial charge in [-0.15, -0.1) is 0 Å². The first-order valence-corrected chi connectivity index (χ1v) is 2.15. The summed E-state index contributed by atoms with van der Waals surface area (Å²) in [6.07, 6.45) is 1.31. The highest BCUT2D eigenvalue weighted by Crippen LogP contribution is 1.74. The third-order valence-electron chi connectivity index (χ3n) is 0.490. The number of hydrogen-bond acceptors (Lipinski definition) is 2. The lowest BCUT2D eigenvalue weighted by atomic mass is 10.7. The molecule has 4 nitrogen and oxygen atoms in total. The molecule has 0 aromatic rings. The van der Waals surface area contributed by atoms with Gasteiger partial charge in [-0.1, -0.05) is 11.7 Å². The van der Waals surface area contributed by atoms with E-state index in [9.17, 15) is 0 Å². The first-order valence-electron chi connectivity index (χ1n) is 2.15. The Kier molecular flexibility index (Phi) is 5.01. The van der Waals surface area contributed by atoms with E-state index in [1.165, 1.54) is 6.26 Å². The van der Waals surface area contributed by atoms with Crippen molar-refractivity contribution in [2.24, 2.45) is 5.11 Å². The molecule has 0 heterocycles. The summed E-state index contributed by atoms with van der Waals surface area (Å²) < 4.78 is 4.63. The summed E-state index contributed by atoms with van der Waals surface area (Å²) in [6, 6.07) is 0. The first kappa shape index (κ1) is 6.85. The molecule has 0 radical (unpaired) electrons. The maximum absolute atomic E-state index is 7.74. The molecular weight excluding hydrogens is 106 g/mol. The maximum Gasteiger partial charge on any atom is 0.0929 e. The second-order valence-corrected chi connectivity index (χ2v) is 0.992. The van der Waals surface area contributed by atoms with E-state index < -0.39 is 0 Å². The number of azide groups is 1. The van der Waals surface area contributed by atoms with Gasteiger partial charge in [0.05, 0.1) is 19.4 Å². The van der Waals surface area contributed by atoms with Gasteiger partial charge in [0.25, 0.3) is 0 Å². The molecule has 0 atom stereocenters. The molecule has 0 spiro atoms. The standard InChI is InChI=1S/C4H7N3O/c1-2-8-4-3-6-7-5/h2H,1,3-4H2. The highest BCUT2D eigenvalue weighted by Gasteiger charge is 1.74. The molecule has 0 aromatic carbocycles. The number of rotatable bonds is 4. The van der Waals surface area contributed by atoms with Gasteiger partial charge >= 0.3 is 0 Å². The van der Waals surface area contributed by atoms with Crippen LogP contribution in [0.25, 0.3) is 10.4 Å². The van der Waals surface area contributed by atoms with Crippen molar-refractivity contribution >= 4 is 0 Å². The van der Waals surface area contributed by atoms with E-state index in [1.54, 1.807) is 0 Å². The van der Waals surface area contributed by atoms with Crippen molar-refractivity contribution in [2.75, 3.05) is 13.2 Å². The zero-order valence-electron chi connectivity index (χ0n) is 4.45. The summed E-state index contributed by atoms with van der Waals surface area (Å²) in [7, 11) is 0. The molecule has 0 fully saturated rings. The fourth-order valence-electron chi connectivity index (χ4n) is 0.222. The van der Waals surface area contributed by atoms with E-state index in [4.69, 9.17) is 5.53 Å². The molecule has 44 valence electrons. The van der Waals surface area contributed by atoms with Crippen LogP contribution in [0.4, 0.5) is 0 Å². The highest BCUT2D eigenvalue weighted by molar-refractivity contribution is 4.50. The molecule has 0 bridgehead atoms. The van der Waals surface area contributed by atoms with Crippen molar-refractivity contribution in [2.45, 2.75) is 0 Å². The minimum atomic E-state index is 0.364. The Labute approximate surface area is 47.4 Å². The lowest BCUT2D eigenvalue weighted by molar-refractivity contribution is 0.261. The van der Waals surface area contributed by atoms with Crippen LogP contribution in [0.15, 0.2) is 18.0 Å². The Balaban J connectivity index is 2.93. The molecule has 4 heteroatoms. The third-order valence-corrected chi connectivity index (χ3v) is 0.490. The van der Waals surface area contributed by atoms with E-state index in [1.807, 2.05) is 0 Å². The number of ether oxygens (including phenoxy) is 1. The fourth-order valence-corrected chi connectivity index (χ4v) is 0.222. The van der Waals surface area contributed by atoms with Crippen molar-refractivity contribution in [3.05, 3.63) is 23.3 Å². The number of nitrogens with zero attached hydrogens (tertiary/aromatic N) is 3. The van der Waals surface area contributed by atoms with E-state index in [0.717, 1.165) is 0 Å². The largest absolute Gasteiger partial charge is 0.502 e. The van der Waals surface area contributed by atoms with Crippen LogP contribution in [0.2, 0.25) is 0 Å². The zero-order valence-corrected chi connectivity index (χ0v) is 4.45. The van der Waals surface area contributed by atoms with Crippen LogP contribution in [0.3, 0.4) is 0 Å². The van der Waals surface area contributed by atoms with Gasteiger partial charge < -0.3 is 4.74 Å². The van der Waals surface area contributed by atoms with Crippen molar-refractivity contribution in [3.8, 4) is 0 Å². The number of hydrogen-bond donors (Lipinski definition) is 0. The minimum Gasteiger partial charge on any atom is -0.502 e. The van der Waals surface area contributed by atoms with E-state index in [-0.39, 0.29) is 0 Å². The fraction of sp³-hybridized carbons (Fsp3) is 0.500. The van der Waals surface area contributed by atoms with Crippen LogP contribution < -0.4 is 0 Å². The molecule has 0 aromatic heterocycles. The Bertz CT molecular complexity index is 106. The van der Waals surface area contributed by atoms with E-state index in [2.05, 4.69) is 21.3 Å². The molecule has 0 rings (SSSR count). The van der Waals surface area contributed by atoms with Gasteiger partial charge in [-0.25, -0.2) is 0 Å². The maximum atomic E-state index is 7.74. The van der Waals surface area contributed by atoms with Crippen LogP contribution in [0, 0.1) is 0 Å². The highest BCUT2D eigenvalue weighted by atomic mass is 16.5. The quantitative estimate of drug-likeness (QED) is 0.179. The smallest absolute Gasteiger partial charge is 0.0929 e. The normalized spacial score (nSPS) is 7.00. The minimum absolute atomic E-state index is 0.364. The molecule has 0 amide bonds. The second-order valence-electron chi connectivity index (χ2n) is 0.992. The molecule has 0 unspecified atom stereocenters. The monoisotopic (exact) mass is 113 g/mol. The van der Waals surface area contributed by atoms with E-state index >= 15 is 0 Å². The van der Waals surface area contributed by atoms with Crippen molar-refractivity contribution < 1.29 is 4.74 Å². The molecular formula is C4H7N3O. The van der Waals surface area contributed by atoms with Crippen molar-refractivity contribution in [1.29, 1.82) is 0 Å². The van der Waals surface area contributed by atoms with Crippen molar-refractivity contribution in [1.82, 2.24) is 0 Å². The third kappa shape index (κ3) is 4.85. The van der Waals surface area contributed by atoms with Crippen LogP contribution in [-0.2, 0) is 4.74 Å². The summed E-state index contributed by atoms with van der Waals surface area (Å²) in [5.41, 5.74) is 7.74. The average Bonchev–Trinajstić information content (AvgIpc) is 1.81. The SMILES string of the molecule is C=COCCN=[N+]=[N-]. The lowest BCUT2D eigenvalue weighted by Gasteiger charge is -1.90. The van der Waals surface area contributed by atoms with Crippen LogP contribution in [0.5, 0.6) is 0 Å². The van der Waals surface area contributed by atoms with Crippen LogP contribution >= 0.6 is 0 Å². The predicted molar refractivity (Wildman–Crippen MR) is 30.2 cm³/mol. The van der Waals surface area contributed by atoms with Crippen LogP contribution in [0.1, 0.15) is 0 Å². The molecule has 0 aliphatic rings. The topological polar surface area (TPSA) is 58.0 Å². The van der Waals surface area contributed by atoms with Crippen LogP contribution in [-0.4, -0.2) is 13.2 Å². The Morgan fingerprint density at radius 3 is 3.12 bits per heavy atom. The summed E-state index contributed by atoms with van der Waals surface area (Å²) in [6.45, 7) is 4.08. The van der Waals surface area contributed by atoms with Gasteiger partial charge in [-0.3, -0.25) is 0 Å². The lowest BCUT2D eigenvalue weighted by Crippen LogP contribution is -1.88. The average molecular weight is 113 g/mol. The Hall–Kier alpha value is -1.15. The molecule has 0 N–H and O–H groups in total. The molecule has 0 saturated carbocycles. The Morgan fingerprint density at radius 1 is 1.88 bits per heavy atom. The van der Waals surface area contributed by atoms with Gasteiger partial charge in [0.15, 0.2) is 0 Å². The second kappa shape index (κ2) is 5.85. The zero-order chi connectivity index (χ0) is 6.24. The van der Waals surface area contributed by atoms with Gasteiger partial charge in [0.2, 0.25) is 0 Å². The van der Waals surface area contributed by atoms with Gasteiger partial charge in [0, 0.05) is 4.91 Å². The van der Waals surface area contributed by atoms with Gasteiger partial charge in [-0.05, 0) is 5.53 Å². The summed E-state index contributed by atoms with van der Waals surface area (Å²) in [4.78, 5) is 2.52. The molecule has 0 aliphatic carbocycles. The molecule has 0 saturated heterocycles. The summed E-state index contributed by atoms with van der Waals surface area (Å²) >= 11 is 0. The molecule has 8 heavy (non-hydrogen) atoms. The van der Waals surface area contributed by atoms with E-state index in [0.29, 0.717) is 13.2 Å². The predicted octanol–water partition coefficient (Wildman–Crippen LogP) is 1.46. The summed E-state index contributed by atoms with van der Waals surface area (Å²) in [5.74, 6) is 0.